The van der Waals surface area contributed by atoms with Gasteiger partial charge in [0.25, 0.3) is 5.89 Å². The lowest BCUT2D eigenvalue weighted by molar-refractivity contribution is 0.0696. The molecule has 0 aliphatic carbocycles. The predicted octanol–water partition coefficient (Wildman–Crippen LogP) is 4.47. The fourth-order valence-corrected chi connectivity index (χ4v) is 2.74. The Kier molecular flexibility index (Phi) is 4.12. The third-order valence-electron chi connectivity index (χ3n) is 4.33. The maximum Gasteiger partial charge on any atom is 0.335 e. The monoisotopic (exact) mass is 340 g/mol. The van der Waals surface area contributed by atoms with E-state index in [1.807, 2.05) is 13.0 Å². The van der Waals surface area contributed by atoms with Crippen LogP contribution in [0.1, 0.15) is 32.6 Å². The zero-order valence-electron chi connectivity index (χ0n) is 14.3. The van der Waals surface area contributed by atoms with Crippen molar-refractivity contribution in [1.29, 1.82) is 0 Å². The minimum absolute atomic E-state index is 0.0746. The van der Waals surface area contributed by atoms with Gasteiger partial charge in [-0.3, -0.25) is 0 Å². The highest BCUT2D eigenvalue weighted by atomic mass is 19.1. The molecule has 3 rings (SSSR count). The van der Waals surface area contributed by atoms with Crippen molar-refractivity contribution < 1.29 is 18.8 Å². The fraction of sp³-hybridized carbons (Fsp3) is 0.211. The van der Waals surface area contributed by atoms with Gasteiger partial charge in [0.1, 0.15) is 5.82 Å². The first-order valence-corrected chi connectivity index (χ1v) is 7.74. The lowest BCUT2D eigenvalue weighted by Crippen LogP contribution is -2.00. The molecule has 2 aromatic carbocycles. The molecule has 0 aliphatic rings. The van der Waals surface area contributed by atoms with Crippen molar-refractivity contribution in [2.45, 2.75) is 27.7 Å². The molecule has 1 heterocycles. The van der Waals surface area contributed by atoms with Crippen LogP contribution < -0.4 is 0 Å². The Bertz CT molecular complexity index is 993. The number of rotatable bonds is 3. The molecule has 3 aromatic rings. The molecule has 5 nitrogen and oxygen atoms in total. The number of carboxylic acid groups (broad SMARTS) is 1. The van der Waals surface area contributed by atoms with Crippen molar-refractivity contribution in [2.24, 2.45) is 0 Å². The molecule has 25 heavy (non-hydrogen) atoms. The Labute approximate surface area is 144 Å². The van der Waals surface area contributed by atoms with E-state index < -0.39 is 5.97 Å². The van der Waals surface area contributed by atoms with Gasteiger partial charge in [0.2, 0.25) is 5.82 Å². The number of hydrogen-bond donors (Lipinski definition) is 1. The number of aryl methyl sites for hydroxylation is 3. The van der Waals surface area contributed by atoms with Gasteiger partial charge >= 0.3 is 5.97 Å². The van der Waals surface area contributed by atoms with Crippen LogP contribution in [0.2, 0.25) is 0 Å². The van der Waals surface area contributed by atoms with E-state index >= 15 is 0 Å². The predicted molar refractivity (Wildman–Crippen MR) is 91.0 cm³/mol. The topological polar surface area (TPSA) is 76.2 Å². The first-order valence-electron chi connectivity index (χ1n) is 7.74. The molecule has 0 radical (unpaired) electrons. The normalized spacial score (nSPS) is 10.9. The number of carboxylic acids is 1. The number of aromatic nitrogens is 2. The van der Waals surface area contributed by atoms with Crippen LogP contribution in [0.15, 0.2) is 28.8 Å². The first kappa shape index (κ1) is 16.8. The van der Waals surface area contributed by atoms with Crippen LogP contribution in [0, 0.1) is 33.5 Å². The molecule has 0 saturated carbocycles. The van der Waals surface area contributed by atoms with E-state index in [1.165, 1.54) is 6.07 Å². The van der Waals surface area contributed by atoms with Crippen LogP contribution in [0.25, 0.3) is 22.8 Å². The van der Waals surface area contributed by atoms with Crippen LogP contribution in [-0.4, -0.2) is 21.2 Å². The van der Waals surface area contributed by atoms with Gasteiger partial charge in [0.05, 0.1) is 11.1 Å². The summed E-state index contributed by atoms with van der Waals surface area (Å²) in [4.78, 5) is 15.5. The number of benzene rings is 2. The Balaban J connectivity index is 2.09. The highest BCUT2D eigenvalue weighted by Crippen LogP contribution is 2.31. The van der Waals surface area contributed by atoms with Gasteiger partial charge in [-0.05, 0) is 56.0 Å². The van der Waals surface area contributed by atoms with E-state index in [4.69, 9.17) is 4.52 Å². The molecule has 1 aromatic heterocycles. The second-order valence-corrected chi connectivity index (χ2v) is 6.08. The summed E-state index contributed by atoms with van der Waals surface area (Å²) in [6, 6.07) is 6.73. The number of nitrogens with zero attached hydrogens (tertiary/aromatic N) is 2. The second-order valence-electron chi connectivity index (χ2n) is 6.08. The molecule has 0 amide bonds. The minimum atomic E-state index is -1.03. The highest BCUT2D eigenvalue weighted by Gasteiger charge is 2.20. The van der Waals surface area contributed by atoms with E-state index in [0.29, 0.717) is 22.3 Å². The standard InChI is InChI=1S/C19H17FN2O3/c1-9-5-6-13(8-14(9)19(23)24)17-21-18(25-22-17)15-11(3)7-10(2)12(4)16(15)20/h5-8H,1-4H3,(H,23,24). The fourth-order valence-electron chi connectivity index (χ4n) is 2.74. The molecule has 128 valence electrons. The molecule has 0 saturated heterocycles. The Hall–Kier alpha value is -3.02. The summed E-state index contributed by atoms with van der Waals surface area (Å²) in [7, 11) is 0. The van der Waals surface area contributed by atoms with Crippen molar-refractivity contribution in [3.63, 3.8) is 0 Å². The molecule has 0 aliphatic heterocycles. The molecular formula is C19H17FN2O3. The van der Waals surface area contributed by atoms with Crippen LogP contribution in [0.3, 0.4) is 0 Å². The summed E-state index contributed by atoms with van der Waals surface area (Å²) >= 11 is 0. The highest BCUT2D eigenvalue weighted by molar-refractivity contribution is 5.90. The summed E-state index contributed by atoms with van der Waals surface area (Å²) < 4.78 is 19.9. The molecule has 1 N–H and O–H groups in total. The maximum atomic E-state index is 14.6. The van der Waals surface area contributed by atoms with Crippen molar-refractivity contribution in [1.82, 2.24) is 10.1 Å². The van der Waals surface area contributed by atoms with Gasteiger partial charge in [-0.1, -0.05) is 23.4 Å². The average Bonchev–Trinajstić information content (AvgIpc) is 3.02. The maximum absolute atomic E-state index is 14.6. The van der Waals surface area contributed by atoms with E-state index in [2.05, 4.69) is 10.1 Å². The summed E-state index contributed by atoms with van der Waals surface area (Å²) in [5.41, 5.74) is 3.65. The molecular weight excluding hydrogens is 323 g/mol. The number of carbonyl (C=O) groups is 1. The van der Waals surface area contributed by atoms with Gasteiger partial charge < -0.3 is 9.63 Å². The largest absolute Gasteiger partial charge is 0.478 e. The molecule has 0 unspecified atom stereocenters. The van der Waals surface area contributed by atoms with Crippen LogP contribution in [0.5, 0.6) is 0 Å². The molecule has 6 heteroatoms. The van der Waals surface area contributed by atoms with Crippen LogP contribution in [0.4, 0.5) is 4.39 Å². The van der Waals surface area contributed by atoms with Crippen molar-refractivity contribution in [2.75, 3.05) is 0 Å². The quantitative estimate of drug-likeness (QED) is 0.761. The third kappa shape index (κ3) is 2.91. The van der Waals surface area contributed by atoms with Crippen molar-refractivity contribution >= 4 is 5.97 Å². The average molecular weight is 340 g/mol. The van der Waals surface area contributed by atoms with Gasteiger partial charge in [0, 0.05) is 5.56 Å². The molecule has 0 fully saturated rings. The summed E-state index contributed by atoms with van der Waals surface area (Å²) in [6.07, 6.45) is 0. The molecule has 0 bridgehead atoms. The zero-order chi connectivity index (χ0) is 18.3. The van der Waals surface area contributed by atoms with E-state index in [0.717, 1.165) is 5.56 Å². The SMILES string of the molecule is Cc1ccc(-c2noc(-c3c(C)cc(C)c(C)c3F)n2)cc1C(=O)O. The Morgan fingerprint density at radius 2 is 1.80 bits per heavy atom. The Morgan fingerprint density at radius 1 is 1.08 bits per heavy atom. The summed E-state index contributed by atoms with van der Waals surface area (Å²) in [6.45, 7) is 7.03. The van der Waals surface area contributed by atoms with Crippen LogP contribution >= 0.6 is 0 Å². The lowest BCUT2D eigenvalue weighted by atomic mass is 9.99. The summed E-state index contributed by atoms with van der Waals surface area (Å²) in [5, 5.41) is 13.1. The smallest absolute Gasteiger partial charge is 0.335 e. The lowest BCUT2D eigenvalue weighted by Gasteiger charge is -2.08. The summed E-state index contributed by atoms with van der Waals surface area (Å²) in [5.74, 6) is -1.12. The minimum Gasteiger partial charge on any atom is -0.478 e. The van der Waals surface area contributed by atoms with Gasteiger partial charge in [-0.15, -0.1) is 0 Å². The zero-order valence-corrected chi connectivity index (χ0v) is 14.3. The Morgan fingerprint density at radius 3 is 2.48 bits per heavy atom. The first-order chi connectivity index (χ1) is 11.8. The number of hydrogen-bond acceptors (Lipinski definition) is 4. The van der Waals surface area contributed by atoms with Crippen molar-refractivity contribution in [3.05, 3.63) is 57.9 Å². The molecule has 0 spiro atoms. The van der Waals surface area contributed by atoms with Gasteiger partial charge in [-0.25, -0.2) is 9.18 Å². The third-order valence-corrected chi connectivity index (χ3v) is 4.33. The van der Waals surface area contributed by atoms with Gasteiger partial charge in [0.15, 0.2) is 0 Å². The number of aromatic carboxylic acids is 1. The van der Waals surface area contributed by atoms with E-state index in [9.17, 15) is 14.3 Å². The van der Waals surface area contributed by atoms with E-state index in [1.54, 1.807) is 32.9 Å². The van der Waals surface area contributed by atoms with Crippen molar-refractivity contribution in [3.8, 4) is 22.8 Å². The van der Waals surface area contributed by atoms with Gasteiger partial charge in [-0.2, -0.15) is 4.98 Å². The second kappa shape index (κ2) is 6.12. The van der Waals surface area contributed by atoms with E-state index in [-0.39, 0.29) is 28.7 Å². The van der Waals surface area contributed by atoms with Crippen LogP contribution in [-0.2, 0) is 0 Å². The molecule has 0 atom stereocenters. The number of halogens is 1.